The smallest absolute Gasteiger partial charge is 0.422 e. The minimum Gasteiger partial charge on any atom is -0.484 e. The molecule has 0 fully saturated rings. The summed E-state index contributed by atoms with van der Waals surface area (Å²) < 4.78 is 40.7. The molecule has 0 radical (unpaired) electrons. The van der Waals surface area contributed by atoms with Gasteiger partial charge in [-0.15, -0.1) is 0 Å². The fourth-order valence-electron chi connectivity index (χ4n) is 0.949. The highest BCUT2D eigenvalue weighted by molar-refractivity contribution is 9.10. The molecule has 84 valence electrons. The van der Waals surface area contributed by atoms with Crippen LogP contribution in [0, 0.1) is 0 Å². The molecule has 0 heterocycles. The van der Waals surface area contributed by atoms with Crippen molar-refractivity contribution in [1.29, 1.82) is 0 Å². The van der Waals surface area contributed by atoms with Gasteiger partial charge >= 0.3 is 6.18 Å². The van der Waals surface area contributed by atoms with Gasteiger partial charge in [0.15, 0.2) is 6.61 Å². The lowest BCUT2D eigenvalue weighted by molar-refractivity contribution is -0.153. The first kappa shape index (κ1) is 12.3. The van der Waals surface area contributed by atoms with Gasteiger partial charge < -0.3 is 10.5 Å². The predicted molar refractivity (Wildman–Crippen MR) is 53.6 cm³/mol. The van der Waals surface area contributed by atoms with Crippen molar-refractivity contribution in [1.82, 2.24) is 0 Å². The lowest BCUT2D eigenvalue weighted by Gasteiger charge is -2.10. The van der Waals surface area contributed by atoms with E-state index in [4.69, 9.17) is 5.73 Å². The van der Waals surface area contributed by atoms with E-state index in [9.17, 15) is 13.2 Å². The fourth-order valence-corrected chi connectivity index (χ4v) is 1.47. The molecule has 0 bridgehead atoms. The summed E-state index contributed by atoms with van der Waals surface area (Å²) >= 11 is 3.19. The summed E-state index contributed by atoms with van der Waals surface area (Å²) in [4.78, 5) is 0. The first-order valence-electron chi connectivity index (χ1n) is 4.10. The van der Waals surface area contributed by atoms with E-state index in [1.165, 1.54) is 12.1 Å². The molecule has 2 N–H and O–H groups in total. The van der Waals surface area contributed by atoms with Crippen molar-refractivity contribution in [2.24, 2.45) is 5.73 Å². The molecule has 2 nitrogen and oxygen atoms in total. The second-order valence-electron chi connectivity index (χ2n) is 2.86. The second kappa shape index (κ2) is 4.85. The van der Waals surface area contributed by atoms with Crippen LogP contribution in [0.2, 0.25) is 0 Å². The lowest BCUT2D eigenvalue weighted by Crippen LogP contribution is -2.19. The van der Waals surface area contributed by atoms with Gasteiger partial charge in [-0.2, -0.15) is 13.2 Å². The Morgan fingerprint density at radius 1 is 1.33 bits per heavy atom. The number of rotatable bonds is 3. The van der Waals surface area contributed by atoms with Gasteiger partial charge in [0, 0.05) is 11.0 Å². The zero-order valence-corrected chi connectivity index (χ0v) is 9.23. The van der Waals surface area contributed by atoms with Gasteiger partial charge in [-0.05, 0) is 17.7 Å². The van der Waals surface area contributed by atoms with Gasteiger partial charge in [0.2, 0.25) is 0 Å². The summed E-state index contributed by atoms with van der Waals surface area (Å²) in [5.74, 6) is 0.163. The van der Waals surface area contributed by atoms with Crippen molar-refractivity contribution >= 4 is 15.9 Å². The number of hydrogen-bond donors (Lipinski definition) is 1. The molecule has 0 amide bonds. The van der Waals surface area contributed by atoms with E-state index in [0.29, 0.717) is 11.0 Å². The Labute approximate surface area is 93.3 Å². The Morgan fingerprint density at radius 2 is 2.00 bits per heavy atom. The average molecular weight is 284 g/mol. The van der Waals surface area contributed by atoms with Gasteiger partial charge in [0.05, 0.1) is 0 Å². The highest BCUT2D eigenvalue weighted by atomic mass is 79.9. The molecule has 0 aliphatic carbocycles. The molecule has 6 heteroatoms. The molecular weight excluding hydrogens is 275 g/mol. The maximum Gasteiger partial charge on any atom is 0.422 e. The van der Waals surface area contributed by atoms with Crippen LogP contribution < -0.4 is 10.5 Å². The van der Waals surface area contributed by atoms with Crippen LogP contribution >= 0.6 is 15.9 Å². The van der Waals surface area contributed by atoms with Crippen LogP contribution in [-0.4, -0.2) is 12.8 Å². The van der Waals surface area contributed by atoms with E-state index >= 15 is 0 Å². The Bertz CT molecular complexity index is 341. The minimum atomic E-state index is -4.32. The highest BCUT2D eigenvalue weighted by Crippen LogP contribution is 2.24. The van der Waals surface area contributed by atoms with Crippen LogP contribution in [0.1, 0.15) is 5.56 Å². The van der Waals surface area contributed by atoms with Crippen molar-refractivity contribution in [3.8, 4) is 5.75 Å². The molecule has 1 rings (SSSR count). The monoisotopic (exact) mass is 283 g/mol. The first-order chi connectivity index (χ1) is 6.92. The van der Waals surface area contributed by atoms with Gasteiger partial charge in [-0.1, -0.05) is 22.0 Å². The maximum absolute atomic E-state index is 11.8. The van der Waals surface area contributed by atoms with Crippen LogP contribution in [0.3, 0.4) is 0 Å². The molecule has 1 aromatic rings. The summed E-state index contributed by atoms with van der Waals surface area (Å²) in [7, 11) is 0. The zero-order chi connectivity index (χ0) is 11.5. The predicted octanol–water partition coefficient (Wildman–Crippen LogP) is 2.85. The second-order valence-corrected chi connectivity index (χ2v) is 3.72. The molecule has 0 aromatic heterocycles. The molecule has 1 aromatic carbocycles. The summed E-state index contributed by atoms with van der Waals surface area (Å²) in [5, 5.41) is 0. The molecule has 0 atom stereocenters. The number of alkyl halides is 3. The topological polar surface area (TPSA) is 35.2 Å². The van der Waals surface area contributed by atoms with Gasteiger partial charge in [0.25, 0.3) is 0 Å². The highest BCUT2D eigenvalue weighted by Gasteiger charge is 2.28. The summed E-state index contributed by atoms with van der Waals surface area (Å²) in [6, 6.07) is 4.54. The van der Waals surface area contributed by atoms with Crippen molar-refractivity contribution in [3.05, 3.63) is 28.2 Å². The van der Waals surface area contributed by atoms with E-state index in [2.05, 4.69) is 20.7 Å². The molecule has 0 aliphatic heterocycles. The van der Waals surface area contributed by atoms with Crippen molar-refractivity contribution in [3.63, 3.8) is 0 Å². The Morgan fingerprint density at radius 3 is 2.47 bits per heavy atom. The number of nitrogens with two attached hydrogens (primary N) is 1. The molecule has 0 saturated heterocycles. The first-order valence-corrected chi connectivity index (χ1v) is 4.90. The molecule has 0 saturated carbocycles. The fraction of sp³-hybridized carbons (Fsp3) is 0.333. The minimum absolute atomic E-state index is 0.163. The van der Waals surface area contributed by atoms with Crippen LogP contribution in [0.15, 0.2) is 22.7 Å². The quantitative estimate of drug-likeness (QED) is 0.926. The third-order valence-corrected chi connectivity index (χ3v) is 2.39. The molecule has 0 spiro atoms. The van der Waals surface area contributed by atoms with Crippen LogP contribution in [0.5, 0.6) is 5.75 Å². The molecule has 0 unspecified atom stereocenters. The lowest BCUT2D eigenvalue weighted by atomic mass is 10.2. The van der Waals surface area contributed by atoms with Gasteiger partial charge in [-0.25, -0.2) is 0 Å². The standard InChI is InChI=1S/C9H9BrF3NO/c10-8-3-7(2-1-6(8)4-14)15-5-9(11,12)13/h1-3H,4-5,14H2. The summed E-state index contributed by atoms with van der Waals surface area (Å²) in [6.45, 7) is -0.971. The van der Waals surface area contributed by atoms with Crippen molar-refractivity contribution in [2.75, 3.05) is 6.61 Å². The maximum atomic E-state index is 11.8. The van der Waals surface area contributed by atoms with Crippen LogP contribution in [0.4, 0.5) is 13.2 Å². The SMILES string of the molecule is NCc1ccc(OCC(F)(F)F)cc1Br. The third-order valence-electron chi connectivity index (χ3n) is 1.65. The van der Waals surface area contributed by atoms with E-state index in [1.54, 1.807) is 6.07 Å². The van der Waals surface area contributed by atoms with E-state index < -0.39 is 12.8 Å². The summed E-state index contributed by atoms with van der Waals surface area (Å²) in [5.41, 5.74) is 6.21. The number of halogens is 4. The van der Waals surface area contributed by atoms with Gasteiger partial charge in [0.1, 0.15) is 5.75 Å². The van der Waals surface area contributed by atoms with Gasteiger partial charge in [-0.3, -0.25) is 0 Å². The Balaban J connectivity index is 2.68. The Kier molecular flexibility index (Phi) is 3.98. The van der Waals surface area contributed by atoms with Crippen LogP contribution in [-0.2, 0) is 6.54 Å². The average Bonchev–Trinajstić information content (AvgIpc) is 2.14. The molecule has 15 heavy (non-hydrogen) atoms. The summed E-state index contributed by atoms with van der Waals surface area (Å²) in [6.07, 6.45) is -4.32. The Hall–Kier alpha value is -0.750. The largest absolute Gasteiger partial charge is 0.484 e. The zero-order valence-electron chi connectivity index (χ0n) is 7.64. The third kappa shape index (κ3) is 4.09. The normalized spacial score (nSPS) is 11.5. The van der Waals surface area contributed by atoms with Crippen molar-refractivity contribution < 1.29 is 17.9 Å². The van der Waals surface area contributed by atoms with Crippen LogP contribution in [0.25, 0.3) is 0 Å². The molecule has 0 aliphatic rings. The van der Waals surface area contributed by atoms with E-state index in [1.807, 2.05) is 0 Å². The number of hydrogen-bond acceptors (Lipinski definition) is 2. The molecular formula is C9H9BrF3NO. The van der Waals surface area contributed by atoms with Crippen molar-refractivity contribution in [2.45, 2.75) is 12.7 Å². The number of benzene rings is 1. The van der Waals surface area contributed by atoms with E-state index in [-0.39, 0.29) is 5.75 Å². The number of ether oxygens (including phenoxy) is 1. The van der Waals surface area contributed by atoms with E-state index in [0.717, 1.165) is 5.56 Å².